The summed E-state index contributed by atoms with van der Waals surface area (Å²) in [5.74, 6) is 1.86. The van der Waals surface area contributed by atoms with Crippen LogP contribution in [0, 0.1) is 6.92 Å². The molecule has 130 valence electrons. The van der Waals surface area contributed by atoms with Crippen molar-refractivity contribution >= 4 is 17.7 Å². The highest BCUT2D eigenvalue weighted by Gasteiger charge is 2.13. The van der Waals surface area contributed by atoms with Gasteiger partial charge in [-0.3, -0.25) is 0 Å². The smallest absolute Gasteiger partial charge is 0.373 e. The topological polar surface area (TPSA) is 87.6 Å². The van der Waals surface area contributed by atoms with Crippen LogP contribution in [0.25, 0.3) is 0 Å². The summed E-state index contributed by atoms with van der Waals surface area (Å²) in [6.07, 6.45) is 0. The molecule has 0 aliphatic heterocycles. The van der Waals surface area contributed by atoms with Crippen molar-refractivity contribution in [2.75, 3.05) is 7.11 Å². The summed E-state index contributed by atoms with van der Waals surface area (Å²) >= 11 is 1.31. The highest BCUT2D eigenvalue weighted by atomic mass is 32.2. The highest BCUT2D eigenvalue weighted by molar-refractivity contribution is 7.98. The lowest BCUT2D eigenvalue weighted by Crippen LogP contribution is -1.98. The first-order chi connectivity index (χ1) is 12.1. The summed E-state index contributed by atoms with van der Waals surface area (Å²) in [4.78, 5) is 11.3. The average Bonchev–Trinajstić information content (AvgIpc) is 3.27. The van der Waals surface area contributed by atoms with Crippen LogP contribution < -0.4 is 4.74 Å². The standard InChI is InChI=1S/C17H16N2O5S/c1-11-4-3-5-12(8-11)22-9-15-18-19-17(24-15)25-10-13-6-7-14(23-13)16(20)21-2/h3-8H,9-10H2,1-2H3. The number of aromatic nitrogens is 2. The van der Waals surface area contributed by atoms with Crippen molar-refractivity contribution in [1.29, 1.82) is 0 Å². The first-order valence-corrected chi connectivity index (χ1v) is 8.44. The predicted molar refractivity (Wildman–Crippen MR) is 89.4 cm³/mol. The largest absolute Gasteiger partial charge is 0.484 e. The van der Waals surface area contributed by atoms with Crippen molar-refractivity contribution in [2.45, 2.75) is 24.5 Å². The van der Waals surface area contributed by atoms with Crippen molar-refractivity contribution in [3.05, 3.63) is 59.4 Å². The van der Waals surface area contributed by atoms with Gasteiger partial charge in [0.1, 0.15) is 11.5 Å². The van der Waals surface area contributed by atoms with E-state index < -0.39 is 5.97 Å². The van der Waals surface area contributed by atoms with E-state index in [1.54, 1.807) is 12.1 Å². The number of carbonyl (C=O) groups is 1. The third kappa shape index (κ3) is 4.63. The van der Waals surface area contributed by atoms with Crippen LogP contribution in [0.2, 0.25) is 0 Å². The molecule has 3 aromatic rings. The molecule has 2 heterocycles. The zero-order valence-corrected chi connectivity index (χ0v) is 14.5. The maximum atomic E-state index is 11.3. The molecule has 0 spiro atoms. The van der Waals surface area contributed by atoms with Gasteiger partial charge in [0.15, 0.2) is 6.61 Å². The summed E-state index contributed by atoms with van der Waals surface area (Å²) in [6.45, 7) is 2.19. The molecule has 0 saturated heterocycles. The van der Waals surface area contributed by atoms with Gasteiger partial charge in [0.2, 0.25) is 5.76 Å². The van der Waals surface area contributed by atoms with E-state index in [-0.39, 0.29) is 12.4 Å². The van der Waals surface area contributed by atoms with Crippen LogP contribution in [0.1, 0.15) is 27.8 Å². The Balaban J connectivity index is 1.51. The highest BCUT2D eigenvalue weighted by Crippen LogP contribution is 2.23. The van der Waals surface area contributed by atoms with E-state index >= 15 is 0 Å². The molecule has 7 nitrogen and oxygen atoms in total. The monoisotopic (exact) mass is 360 g/mol. The van der Waals surface area contributed by atoms with Crippen LogP contribution in [0.5, 0.6) is 5.75 Å². The molecule has 25 heavy (non-hydrogen) atoms. The predicted octanol–water partition coefficient (Wildman–Crippen LogP) is 3.63. The van der Waals surface area contributed by atoms with Crippen LogP contribution in [0.15, 0.2) is 50.5 Å². The molecule has 8 heteroatoms. The van der Waals surface area contributed by atoms with Gasteiger partial charge in [-0.15, -0.1) is 10.2 Å². The number of hydrogen-bond acceptors (Lipinski definition) is 8. The molecule has 0 amide bonds. The SMILES string of the molecule is COC(=O)c1ccc(CSc2nnc(COc3cccc(C)c3)o2)o1. The molecule has 0 unspecified atom stereocenters. The fraction of sp³-hybridized carbons (Fsp3) is 0.235. The fourth-order valence-electron chi connectivity index (χ4n) is 2.00. The number of thioether (sulfide) groups is 1. The molecule has 0 aliphatic rings. The Labute approximate surface area is 148 Å². The molecule has 2 aromatic heterocycles. The summed E-state index contributed by atoms with van der Waals surface area (Å²) < 4.78 is 21.1. The third-order valence-corrected chi connectivity index (χ3v) is 4.03. The molecular formula is C17H16N2O5S. The zero-order valence-electron chi connectivity index (χ0n) is 13.7. The normalized spacial score (nSPS) is 10.6. The van der Waals surface area contributed by atoms with Crippen LogP contribution in [0.3, 0.4) is 0 Å². The number of carbonyl (C=O) groups excluding carboxylic acids is 1. The van der Waals surface area contributed by atoms with Crippen LogP contribution in [-0.4, -0.2) is 23.3 Å². The number of hydrogen-bond donors (Lipinski definition) is 0. The van der Waals surface area contributed by atoms with Gasteiger partial charge in [0.05, 0.1) is 12.9 Å². The second-order valence-electron chi connectivity index (χ2n) is 5.11. The number of methoxy groups -OCH3 is 1. The Morgan fingerprint density at radius 3 is 2.88 bits per heavy atom. The van der Waals surface area contributed by atoms with Crippen LogP contribution in [-0.2, 0) is 17.1 Å². The Bertz CT molecular complexity index is 858. The molecule has 0 atom stereocenters. The Morgan fingerprint density at radius 1 is 1.20 bits per heavy atom. The van der Waals surface area contributed by atoms with Gasteiger partial charge in [0.25, 0.3) is 11.1 Å². The molecule has 0 aliphatic carbocycles. The molecule has 1 aromatic carbocycles. The van der Waals surface area contributed by atoms with E-state index in [1.165, 1.54) is 18.9 Å². The molecule has 0 radical (unpaired) electrons. The first-order valence-electron chi connectivity index (χ1n) is 7.45. The zero-order chi connectivity index (χ0) is 17.6. The van der Waals surface area contributed by atoms with Gasteiger partial charge >= 0.3 is 5.97 Å². The fourth-order valence-corrected chi connectivity index (χ4v) is 2.68. The molecule has 3 rings (SSSR count). The lowest BCUT2D eigenvalue weighted by Gasteiger charge is -2.03. The quantitative estimate of drug-likeness (QED) is 0.466. The lowest BCUT2D eigenvalue weighted by atomic mass is 10.2. The molecule has 0 bridgehead atoms. The number of benzene rings is 1. The molecule has 0 saturated carbocycles. The lowest BCUT2D eigenvalue weighted by molar-refractivity contribution is 0.0563. The van der Waals surface area contributed by atoms with E-state index in [4.69, 9.17) is 13.6 Å². The number of furan rings is 1. The van der Waals surface area contributed by atoms with Gasteiger partial charge in [-0.05, 0) is 36.8 Å². The van der Waals surface area contributed by atoms with Crippen molar-refractivity contribution < 1.29 is 23.1 Å². The third-order valence-electron chi connectivity index (χ3n) is 3.19. The molecule has 0 N–H and O–H groups in total. The number of aryl methyl sites for hydroxylation is 1. The van der Waals surface area contributed by atoms with Crippen LogP contribution >= 0.6 is 11.8 Å². The van der Waals surface area contributed by atoms with Crippen molar-refractivity contribution in [3.8, 4) is 5.75 Å². The second kappa shape index (κ2) is 7.89. The molecular weight excluding hydrogens is 344 g/mol. The number of rotatable bonds is 7. The number of nitrogens with zero attached hydrogens (tertiary/aromatic N) is 2. The summed E-state index contributed by atoms with van der Waals surface area (Å²) in [6, 6.07) is 11.0. The van der Waals surface area contributed by atoms with Gasteiger partial charge in [-0.1, -0.05) is 23.9 Å². The van der Waals surface area contributed by atoms with Gasteiger partial charge in [0, 0.05) is 0 Å². The van der Waals surface area contributed by atoms with Crippen molar-refractivity contribution in [3.63, 3.8) is 0 Å². The average molecular weight is 360 g/mol. The van der Waals surface area contributed by atoms with E-state index in [9.17, 15) is 4.79 Å². The summed E-state index contributed by atoms with van der Waals surface area (Å²) in [7, 11) is 1.30. The van der Waals surface area contributed by atoms with E-state index in [0.717, 1.165) is 11.3 Å². The Kier molecular flexibility index (Phi) is 5.39. The van der Waals surface area contributed by atoms with Crippen molar-refractivity contribution in [2.24, 2.45) is 0 Å². The van der Waals surface area contributed by atoms with E-state index in [1.807, 2.05) is 31.2 Å². The number of ether oxygens (including phenoxy) is 2. The Hall–Kier alpha value is -2.74. The Morgan fingerprint density at radius 2 is 2.08 bits per heavy atom. The summed E-state index contributed by atoms with van der Waals surface area (Å²) in [5, 5.41) is 8.30. The number of esters is 1. The van der Waals surface area contributed by atoms with Gasteiger partial charge in [-0.25, -0.2) is 4.79 Å². The second-order valence-corrected chi connectivity index (χ2v) is 6.04. The molecule has 0 fully saturated rings. The minimum Gasteiger partial charge on any atom is -0.484 e. The van der Waals surface area contributed by atoms with Gasteiger partial charge < -0.3 is 18.3 Å². The summed E-state index contributed by atoms with van der Waals surface area (Å²) in [5.41, 5.74) is 1.11. The maximum Gasteiger partial charge on any atom is 0.373 e. The first kappa shape index (κ1) is 17.1. The van der Waals surface area contributed by atoms with E-state index in [2.05, 4.69) is 14.9 Å². The van der Waals surface area contributed by atoms with E-state index in [0.29, 0.717) is 22.6 Å². The minimum atomic E-state index is -0.510. The minimum absolute atomic E-state index is 0.163. The van der Waals surface area contributed by atoms with Crippen molar-refractivity contribution in [1.82, 2.24) is 10.2 Å². The maximum absolute atomic E-state index is 11.3. The van der Waals surface area contributed by atoms with Crippen LogP contribution in [0.4, 0.5) is 0 Å². The van der Waals surface area contributed by atoms with Gasteiger partial charge in [-0.2, -0.15) is 0 Å².